The van der Waals surface area contributed by atoms with Crippen LogP contribution in [0.1, 0.15) is 0 Å². The van der Waals surface area contributed by atoms with E-state index in [-0.39, 0.29) is 21.6 Å². The molecular weight excluding hydrogens is 265 g/mol. The zero-order valence-corrected chi connectivity index (χ0v) is 9.97. The van der Waals surface area contributed by atoms with Crippen LogP contribution in [0.15, 0.2) is 12.1 Å². The van der Waals surface area contributed by atoms with Gasteiger partial charge in [-0.3, -0.25) is 0 Å². The molecule has 2 N–H and O–H groups in total. The van der Waals surface area contributed by atoms with Crippen LogP contribution in [0, 0.1) is 0 Å². The largest absolute Gasteiger partial charge is 0.485 e. The van der Waals surface area contributed by atoms with Gasteiger partial charge in [0.05, 0.1) is 10.0 Å². The molecule has 0 bridgehead atoms. The van der Waals surface area contributed by atoms with Crippen molar-refractivity contribution >= 4 is 52.0 Å². The Kier molecular flexibility index (Phi) is 4.26. The molecule has 2 nitrogen and oxygen atoms in total. The lowest BCUT2D eigenvalue weighted by molar-refractivity contribution is 0.378. The van der Waals surface area contributed by atoms with Crippen LogP contribution in [0.4, 0.5) is 0 Å². The van der Waals surface area contributed by atoms with Crippen molar-refractivity contribution in [1.29, 1.82) is 0 Å². The molecule has 0 aliphatic carbocycles. The third-order valence-corrected chi connectivity index (χ3v) is 2.76. The zero-order valence-electron chi connectivity index (χ0n) is 6.89. The molecule has 0 saturated carbocycles. The summed E-state index contributed by atoms with van der Waals surface area (Å²) in [5.74, 6) is 0.411. The molecule has 0 spiro atoms. The van der Waals surface area contributed by atoms with Crippen LogP contribution in [0.5, 0.6) is 5.75 Å². The second-order valence-electron chi connectivity index (χ2n) is 2.43. The Morgan fingerprint density at radius 3 is 2.50 bits per heavy atom. The van der Waals surface area contributed by atoms with Crippen molar-refractivity contribution < 1.29 is 4.74 Å². The van der Waals surface area contributed by atoms with Gasteiger partial charge in [-0.2, -0.15) is 0 Å². The second-order valence-corrected chi connectivity index (χ2v) is 4.12. The van der Waals surface area contributed by atoms with Crippen molar-refractivity contribution in [1.82, 2.24) is 0 Å². The maximum Gasteiger partial charge on any atom is 0.140 e. The molecule has 0 aromatic heterocycles. The minimum Gasteiger partial charge on any atom is -0.485 e. The minimum atomic E-state index is 0.118. The van der Waals surface area contributed by atoms with Gasteiger partial charge in [0.1, 0.15) is 22.4 Å². The molecule has 0 saturated heterocycles. The Labute approximate surface area is 102 Å². The van der Waals surface area contributed by atoms with Crippen molar-refractivity contribution in [2.45, 2.75) is 0 Å². The Hall–Kier alpha value is -0.220. The topological polar surface area (TPSA) is 35.2 Å². The Bertz CT molecular complexity index is 370. The average molecular weight is 271 g/mol. The molecule has 6 heteroatoms. The minimum absolute atomic E-state index is 0.118. The van der Waals surface area contributed by atoms with Crippen molar-refractivity contribution in [3.8, 4) is 5.75 Å². The fourth-order valence-electron chi connectivity index (χ4n) is 0.769. The van der Waals surface area contributed by atoms with Crippen molar-refractivity contribution in [2.24, 2.45) is 5.73 Å². The molecular formula is C8H6Cl3NOS. The zero-order chi connectivity index (χ0) is 10.7. The van der Waals surface area contributed by atoms with Crippen LogP contribution in [0.3, 0.4) is 0 Å². The standard InChI is InChI=1S/C8H6Cl3NOS/c9-4-1-2-5(8(11)7(4)10)13-3-6(12)14/h1-2H,3H2,(H2,12,14). The predicted octanol–water partition coefficient (Wildman–Crippen LogP) is 3.31. The third kappa shape index (κ3) is 2.89. The highest BCUT2D eigenvalue weighted by atomic mass is 35.5. The van der Waals surface area contributed by atoms with Gasteiger partial charge in [0.15, 0.2) is 0 Å². The molecule has 0 amide bonds. The Balaban J connectivity index is 2.88. The second kappa shape index (κ2) is 5.03. The summed E-state index contributed by atoms with van der Waals surface area (Å²) in [5.41, 5.74) is 5.26. The van der Waals surface area contributed by atoms with Gasteiger partial charge in [-0.15, -0.1) is 0 Å². The first kappa shape index (κ1) is 11.9. The summed E-state index contributed by atoms with van der Waals surface area (Å²) in [5, 5.41) is 0.892. The smallest absolute Gasteiger partial charge is 0.140 e. The molecule has 0 aliphatic rings. The van der Waals surface area contributed by atoms with Gasteiger partial charge in [-0.1, -0.05) is 47.0 Å². The predicted molar refractivity (Wildman–Crippen MR) is 63.8 cm³/mol. The first-order chi connectivity index (χ1) is 6.52. The summed E-state index contributed by atoms with van der Waals surface area (Å²) in [6, 6.07) is 3.19. The summed E-state index contributed by atoms with van der Waals surface area (Å²) in [6.45, 7) is 0.118. The van der Waals surface area contributed by atoms with Crippen LogP contribution in [0.2, 0.25) is 15.1 Å². The van der Waals surface area contributed by atoms with E-state index in [1.165, 1.54) is 0 Å². The van der Waals surface area contributed by atoms with Crippen molar-refractivity contribution in [2.75, 3.05) is 6.61 Å². The van der Waals surface area contributed by atoms with Gasteiger partial charge in [-0.25, -0.2) is 0 Å². The molecule has 0 aliphatic heterocycles. The van der Waals surface area contributed by atoms with E-state index < -0.39 is 0 Å². The van der Waals surface area contributed by atoms with Gasteiger partial charge in [0.25, 0.3) is 0 Å². The molecule has 1 aromatic carbocycles. The quantitative estimate of drug-likeness (QED) is 0.676. The molecule has 0 unspecified atom stereocenters. The molecule has 14 heavy (non-hydrogen) atoms. The lowest BCUT2D eigenvalue weighted by atomic mass is 10.3. The molecule has 0 fully saturated rings. The summed E-state index contributed by atoms with van der Waals surface area (Å²) >= 11 is 22.0. The summed E-state index contributed by atoms with van der Waals surface area (Å²) in [4.78, 5) is 0.243. The average Bonchev–Trinajstić information content (AvgIpc) is 2.13. The van der Waals surface area contributed by atoms with Gasteiger partial charge in [-0.05, 0) is 12.1 Å². The SMILES string of the molecule is NC(=S)COc1ccc(Cl)c(Cl)c1Cl. The molecule has 1 rings (SSSR count). The summed E-state index contributed by atoms with van der Waals surface area (Å²) in [6.07, 6.45) is 0. The number of hydrogen-bond acceptors (Lipinski definition) is 2. The molecule has 0 heterocycles. The van der Waals surface area contributed by atoms with E-state index in [0.29, 0.717) is 10.8 Å². The Morgan fingerprint density at radius 2 is 1.93 bits per heavy atom. The highest BCUT2D eigenvalue weighted by Crippen LogP contribution is 2.36. The van der Waals surface area contributed by atoms with E-state index in [1.54, 1.807) is 12.1 Å². The van der Waals surface area contributed by atoms with E-state index in [9.17, 15) is 0 Å². The van der Waals surface area contributed by atoms with Crippen LogP contribution in [0.25, 0.3) is 0 Å². The fourth-order valence-corrected chi connectivity index (χ4v) is 1.41. The van der Waals surface area contributed by atoms with Crippen LogP contribution in [-0.4, -0.2) is 11.6 Å². The first-order valence-electron chi connectivity index (χ1n) is 3.57. The molecule has 0 radical (unpaired) electrons. The number of nitrogens with two attached hydrogens (primary N) is 1. The number of benzene rings is 1. The molecule has 76 valence electrons. The van der Waals surface area contributed by atoms with Crippen molar-refractivity contribution in [3.05, 3.63) is 27.2 Å². The number of hydrogen-bond donors (Lipinski definition) is 1. The third-order valence-electron chi connectivity index (χ3n) is 1.37. The van der Waals surface area contributed by atoms with Gasteiger partial charge >= 0.3 is 0 Å². The lowest BCUT2D eigenvalue weighted by Crippen LogP contribution is -2.17. The highest BCUT2D eigenvalue weighted by Gasteiger charge is 2.09. The van der Waals surface area contributed by atoms with Gasteiger partial charge in [0.2, 0.25) is 0 Å². The van der Waals surface area contributed by atoms with E-state index >= 15 is 0 Å². The van der Waals surface area contributed by atoms with Crippen LogP contribution >= 0.6 is 47.0 Å². The maximum absolute atomic E-state index is 5.86. The number of rotatable bonds is 3. The summed E-state index contributed by atoms with van der Waals surface area (Å²) < 4.78 is 5.19. The van der Waals surface area contributed by atoms with E-state index in [2.05, 4.69) is 12.2 Å². The van der Waals surface area contributed by atoms with E-state index in [1.807, 2.05) is 0 Å². The molecule has 1 aromatic rings. The van der Waals surface area contributed by atoms with Crippen molar-refractivity contribution in [3.63, 3.8) is 0 Å². The van der Waals surface area contributed by atoms with Gasteiger partial charge < -0.3 is 10.5 Å². The van der Waals surface area contributed by atoms with E-state index in [0.717, 1.165) is 0 Å². The first-order valence-corrected chi connectivity index (χ1v) is 5.11. The number of halogens is 3. The van der Waals surface area contributed by atoms with Gasteiger partial charge in [0, 0.05) is 0 Å². The normalized spacial score (nSPS) is 9.93. The summed E-state index contributed by atoms with van der Waals surface area (Å²) in [7, 11) is 0. The van der Waals surface area contributed by atoms with E-state index in [4.69, 9.17) is 45.3 Å². The monoisotopic (exact) mass is 269 g/mol. The Morgan fingerprint density at radius 1 is 1.29 bits per heavy atom. The highest BCUT2D eigenvalue weighted by molar-refractivity contribution is 7.80. The lowest BCUT2D eigenvalue weighted by Gasteiger charge is -2.08. The fraction of sp³-hybridized carbons (Fsp3) is 0.125. The van der Waals surface area contributed by atoms with Crippen LogP contribution < -0.4 is 10.5 Å². The number of ether oxygens (including phenoxy) is 1. The number of thiocarbonyl (C=S) groups is 1. The molecule has 0 atom stereocenters. The maximum atomic E-state index is 5.86. The van der Waals surface area contributed by atoms with Crippen LogP contribution in [-0.2, 0) is 0 Å².